The summed E-state index contributed by atoms with van der Waals surface area (Å²) in [5.74, 6) is -0.00907. The van der Waals surface area contributed by atoms with Gasteiger partial charge in [-0.25, -0.2) is 0 Å². The van der Waals surface area contributed by atoms with Gasteiger partial charge in [-0.1, -0.05) is 28.1 Å². The molecular weight excluding hydrogens is 280 g/mol. The topological polar surface area (TPSA) is 45.8 Å². The van der Waals surface area contributed by atoms with Crippen LogP contribution in [0.2, 0.25) is 0 Å². The summed E-state index contributed by atoms with van der Waals surface area (Å²) in [5.41, 5.74) is 1.14. The number of nitriles is 1. The van der Waals surface area contributed by atoms with Crippen molar-refractivity contribution in [2.24, 2.45) is 0 Å². The molecule has 0 fully saturated rings. The molecule has 0 unspecified atom stereocenters. The van der Waals surface area contributed by atoms with Crippen LogP contribution in [0.25, 0.3) is 0 Å². The number of hydrogen-bond acceptors (Lipinski definition) is 2. The van der Waals surface area contributed by atoms with E-state index in [1.165, 1.54) is 0 Å². The molecule has 1 heterocycles. The summed E-state index contributed by atoms with van der Waals surface area (Å²) < 4.78 is 2.58. The van der Waals surface area contributed by atoms with E-state index in [4.69, 9.17) is 5.26 Å². The maximum absolute atomic E-state index is 11.9. The lowest BCUT2D eigenvalue weighted by Gasteiger charge is -2.04. The average Bonchev–Trinajstić information content (AvgIpc) is 2.77. The van der Waals surface area contributed by atoms with Gasteiger partial charge in [-0.15, -0.1) is 0 Å². The zero-order chi connectivity index (χ0) is 12.3. The lowest BCUT2D eigenvalue weighted by Crippen LogP contribution is -2.10. The highest BCUT2D eigenvalue weighted by Crippen LogP contribution is 2.12. The summed E-state index contributed by atoms with van der Waals surface area (Å²) in [7, 11) is 0. The number of Topliss-reactive ketones (excluding diaryl/α,β-unsaturated/α-hetero) is 1. The maximum atomic E-state index is 11.9. The molecule has 0 aliphatic heterocycles. The maximum Gasteiger partial charge on any atom is 0.182 e. The molecule has 4 heteroatoms. The van der Waals surface area contributed by atoms with E-state index < -0.39 is 0 Å². The van der Waals surface area contributed by atoms with E-state index in [9.17, 15) is 4.79 Å². The minimum Gasteiger partial charge on any atom is -0.332 e. The van der Waals surface area contributed by atoms with Crippen molar-refractivity contribution in [3.05, 3.63) is 58.3 Å². The first kappa shape index (κ1) is 11.6. The average molecular weight is 289 g/mol. The molecule has 0 amide bonds. The molecule has 2 aromatic rings. The van der Waals surface area contributed by atoms with Crippen molar-refractivity contribution in [3.8, 4) is 6.07 Å². The lowest BCUT2D eigenvalue weighted by molar-refractivity contribution is 0.0972. The minimum absolute atomic E-state index is 0.00907. The molecular formula is C13H9BrN2O. The van der Waals surface area contributed by atoms with E-state index in [2.05, 4.69) is 15.9 Å². The van der Waals surface area contributed by atoms with Crippen LogP contribution in [0.1, 0.15) is 16.1 Å². The van der Waals surface area contributed by atoms with Crippen molar-refractivity contribution < 1.29 is 4.79 Å². The lowest BCUT2D eigenvalue weighted by atomic mass is 10.1. The molecule has 0 aliphatic carbocycles. The summed E-state index contributed by atoms with van der Waals surface area (Å²) in [6.07, 6.45) is 1.73. The van der Waals surface area contributed by atoms with E-state index in [-0.39, 0.29) is 12.3 Å². The van der Waals surface area contributed by atoms with Crippen LogP contribution in [-0.4, -0.2) is 10.4 Å². The third kappa shape index (κ3) is 2.63. The Hall–Kier alpha value is -1.86. The molecule has 0 bridgehead atoms. The van der Waals surface area contributed by atoms with Gasteiger partial charge in [0.1, 0.15) is 11.8 Å². The Labute approximate surface area is 107 Å². The van der Waals surface area contributed by atoms with Gasteiger partial charge in [-0.05, 0) is 24.3 Å². The second kappa shape index (κ2) is 4.98. The van der Waals surface area contributed by atoms with Crippen LogP contribution in [0.5, 0.6) is 0 Å². The summed E-state index contributed by atoms with van der Waals surface area (Å²) in [6.45, 7) is 0.192. The van der Waals surface area contributed by atoms with E-state index in [1.54, 1.807) is 35.0 Å². The molecule has 1 aromatic carbocycles. The Kier molecular flexibility index (Phi) is 3.40. The predicted molar refractivity (Wildman–Crippen MR) is 67.6 cm³/mol. The quantitative estimate of drug-likeness (QED) is 0.815. The predicted octanol–water partition coefficient (Wildman–Crippen LogP) is 3.01. The molecule has 1 aromatic heterocycles. The molecule has 0 spiro atoms. The van der Waals surface area contributed by atoms with Crippen molar-refractivity contribution in [2.75, 3.05) is 0 Å². The second-order valence-electron chi connectivity index (χ2n) is 3.56. The summed E-state index contributed by atoms with van der Waals surface area (Å²) in [4.78, 5) is 11.9. The van der Waals surface area contributed by atoms with Gasteiger partial charge in [0, 0.05) is 16.2 Å². The summed E-state index contributed by atoms with van der Waals surface area (Å²) >= 11 is 3.32. The molecule has 2 rings (SSSR count). The van der Waals surface area contributed by atoms with Crippen LogP contribution in [0.15, 0.2) is 47.1 Å². The number of halogens is 1. The van der Waals surface area contributed by atoms with E-state index in [1.807, 2.05) is 18.2 Å². The first-order valence-electron chi connectivity index (χ1n) is 5.05. The molecule has 0 N–H and O–H groups in total. The third-order valence-electron chi connectivity index (χ3n) is 2.42. The van der Waals surface area contributed by atoms with Gasteiger partial charge in [0.2, 0.25) is 0 Å². The summed E-state index contributed by atoms with van der Waals surface area (Å²) in [5, 5.41) is 8.84. The fourth-order valence-electron chi connectivity index (χ4n) is 1.54. The number of hydrogen-bond donors (Lipinski definition) is 0. The van der Waals surface area contributed by atoms with Gasteiger partial charge in [0.15, 0.2) is 5.78 Å². The van der Waals surface area contributed by atoms with Crippen LogP contribution < -0.4 is 0 Å². The standard InChI is InChI=1S/C13H9BrN2O/c14-11-5-3-10(4-6-11)13(17)9-16-7-1-2-12(16)8-15/h1-7H,9H2. The number of aromatic nitrogens is 1. The Bertz CT molecular complexity index is 578. The highest BCUT2D eigenvalue weighted by atomic mass is 79.9. The van der Waals surface area contributed by atoms with Gasteiger partial charge >= 0.3 is 0 Å². The smallest absolute Gasteiger partial charge is 0.182 e. The summed E-state index contributed by atoms with van der Waals surface area (Å²) in [6, 6.07) is 12.7. The highest BCUT2D eigenvalue weighted by molar-refractivity contribution is 9.10. The van der Waals surface area contributed by atoms with Crippen LogP contribution in [0.4, 0.5) is 0 Å². The largest absolute Gasteiger partial charge is 0.332 e. The fourth-order valence-corrected chi connectivity index (χ4v) is 1.80. The number of carbonyl (C=O) groups excluding carboxylic acids is 1. The Morgan fingerprint density at radius 3 is 2.65 bits per heavy atom. The van der Waals surface area contributed by atoms with Crippen LogP contribution in [0, 0.1) is 11.3 Å². The molecule has 17 heavy (non-hydrogen) atoms. The highest BCUT2D eigenvalue weighted by Gasteiger charge is 2.08. The van der Waals surface area contributed by atoms with Crippen LogP contribution >= 0.6 is 15.9 Å². The normalized spacial score (nSPS) is 9.88. The number of ketones is 1. The number of nitrogens with zero attached hydrogens (tertiary/aromatic N) is 2. The van der Waals surface area contributed by atoms with Gasteiger partial charge < -0.3 is 4.57 Å². The van der Waals surface area contributed by atoms with Crippen molar-refractivity contribution in [1.82, 2.24) is 4.57 Å². The zero-order valence-electron chi connectivity index (χ0n) is 8.93. The van der Waals surface area contributed by atoms with E-state index >= 15 is 0 Å². The monoisotopic (exact) mass is 288 g/mol. The van der Waals surface area contributed by atoms with Crippen molar-refractivity contribution >= 4 is 21.7 Å². The molecule has 0 radical (unpaired) electrons. The molecule has 0 atom stereocenters. The fraction of sp³-hybridized carbons (Fsp3) is 0.0769. The molecule has 0 saturated heterocycles. The SMILES string of the molecule is N#Cc1cccn1CC(=O)c1ccc(Br)cc1. The van der Waals surface area contributed by atoms with Crippen molar-refractivity contribution in [3.63, 3.8) is 0 Å². The van der Waals surface area contributed by atoms with E-state index in [0.717, 1.165) is 4.47 Å². The van der Waals surface area contributed by atoms with Crippen molar-refractivity contribution in [1.29, 1.82) is 5.26 Å². The number of benzene rings is 1. The number of carbonyl (C=O) groups is 1. The Morgan fingerprint density at radius 1 is 1.29 bits per heavy atom. The second-order valence-corrected chi connectivity index (χ2v) is 4.48. The zero-order valence-corrected chi connectivity index (χ0v) is 10.5. The number of rotatable bonds is 3. The minimum atomic E-state index is -0.00907. The molecule has 0 saturated carbocycles. The van der Waals surface area contributed by atoms with Gasteiger partial charge in [0.05, 0.1) is 6.54 Å². The molecule has 0 aliphatic rings. The van der Waals surface area contributed by atoms with E-state index in [0.29, 0.717) is 11.3 Å². The van der Waals surface area contributed by atoms with Crippen molar-refractivity contribution in [2.45, 2.75) is 6.54 Å². The van der Waals surface area contributed by atoms with Gasteiger partial charge in [0.25, 0.3) is 0 Å². The molecule has 3 nitrogen and oxygen atoms in total. The first-order valence-corrected chi connectivity index (χ1v) is 5.84. The van der Waals surface area contributed by atoms with Gasteiger partial charge in [-0.3, -0.25) is 4.79 Å². The van der Waals surface area contributed by atoms with Gasteiger partial charge in [-0.2, -0.15) is 5.26 Å². The van der Waals surface area contributed by atoms with Crippen LogP contribution in [0.3, 0.4) is 0 Å². The Morgan fingerprint density at radius 2 is 2.00 bits per heavy atom. The first-order chi connectivity index (χ1) is 8.20. The van der Waals surface area contributed by atoms with Crippen LogP contribution in [-0.2, 0) is 6.54 Å². The molecule has 84 valence electrons. The third-order valence-corrected chi connectivity index (χ3v) is 2.95. The Balaban J connectivity index is 2.18.